The molecule has 3 aromatic rings. The summed E-state index contributed by atoms with van der Waals surface area (Å²) in [5.74, 6) is -5.29. The van der Waals surface area contributed by atoms with Crippen LogP contribution in [0.4, 0.5) is 18.9 Å². The molecule has 2 aliphatic rings. The average molecular weight is 500 g/mol. The fraction of sp³-hybridized carbons (Fsp3) is 0.292. The minimum atomic E-state index is -3.32. The second kappa shape index (κ2) is 9.10. The number of carbonyl (C=O) groups is 1. The molecule has 0 unspecified atom stereocenters. The largest absolute Gasteiger partial charge is 0.505 e. The molecular formula is C24H23F3N6O3. The Bertz CT molecular complexity index is 1410. The standard InChI is InChI=1S/C24H23F3N6O3/c25-15-3-1-13(2-4-15)9-14-10-31-19-20-18(14)32-11-24(26,27)12-33(20)23(36)17(21(19)34)22(35)30-6-5-16-28-7-8-29-16/h1-4,7-8,10,16,28-29,32,34H,5-6,9,11-12H2,(H,30,35). The highest BCUT2D eigenvalue weighted by Crippen LogP contribution is 2.36. The number of aromatic nitrogens is 2. The fourth-order valence-corrected chi connectivity index (χ4v) is 4.41. The number of nitrogens with one attached hydrogen (secondary N) is 4. The lowest BCUT2D eigenvalue weighted by Crippen LogP contribution is -2.39. The van der Waals surface area contributed by atoms with Crippen LogP contribution in [0.2, 0.25) is 0 Å². The molecule has 2 aromatic heterocycles. The van der Waals surface area contributed by atoms with Crippen LogP contribution in [0.1, 0.15) is 27.9 Å². The number of hydrogen-bond acceptors (Lipinski definition) is 7. The molecule has 0 atom stereocenters. The van der Waals surface area contributed by atoms with Crippen molar-refractivity contribution in [2.75, 3.05) is 18.4 Å². The summed E-state index contributed by atoms with van der Waals surface area (Å²) in [6, 6.07) is 5.68. The lowest BCUT2D eigenvalue weighted by molar-refractivity contribution is -0.000937. The molecule has 5 N–H and O–H groups in total. The molecular weight excluding hydrogens is 477 g/mol. The van der Waals surface area contributed by atoms with Gasteiger partial charge in [-0.15, -0.1) is 0 Å². The molecule has 12 heteroatoms. The van der Waals surface area contributed by atoms with Gasteiger partial charge in [-0.2, -0.15) is 0 Å². The van der Waals surface area contributed by atoms with Crippen LogP contribution in [0.15, 0.2) is 47.7 Å². The Labute approximate surface area is 203 Å². The minimum Gasteiger partial charge on any atom is -0.505 e. The smallest absolute Gasteiger partial charge is 0.282 e. The zero-order valence-corrected chi connectivity index (χ0v) is 18.9. The topological polar surface area (TPSA) is 120 Å². The van der Waals surface area contributed by atoms with Gasteiger partial charge < -0.3 is 26.4 Å². The van der Waals surface area contributed by atoms with Gasteiger partial charge in [0.05, 0.1) is 30.5 Å². The predicted molar refractivity (Wildman–Crippen MR) is 126 cm³/mol. The van der Waals surface area contributed by atoms with Crippen LogP contribution in [0.5, 0.6) is 5.75 Å². The van der Waals surface area contributed by atoms with Gasteiger partial charge in [-0.3, -0.25) is 19.1 Å². The van der Waals surface area contributed by atoms with Crippen LogP contribution >= 0.6 is 0 Å². The van der Waals surface area contributed by atoms with Crippen LogP contribution in [-0.2, 0) is 13.0 Å². The van der Waals surface area contributed by atoms with Gasteiger partial charge in [-0.25, -0.2) is 13.2 Å². The maximum atomic E-state index is 14.7. The third-order valence-corrected chi connectivity index (χ3v) is 6.17. The number of rotatable bonds is 6. The van der Waals surface area contributed by atoms with E-state index in [2.05, 4.69) is 26.3 Å². The number of hydrogen-bond donors (Lipinski definition) is 5. The van der Waals surface area contributed by atoms with Crippen molar-refractivity contribution in [3.8, 4) is 5.75 Å². The molecule has 5 rings (SSSR count). The van der Waals surface area contributed by atoms with Gasteiger partial charge in [0.15, 0.2) is 5.75 Å². The van der Waals surface area contributed by atoms with Crippen LogP contribution < -0.4 is 26.8 Å². The number of nitrogens with zero attached hydrogens (tertiary/aromatic N) is 2. The fourth-order valence-electron chi connectivity index (χ4n) is 4.41. The zero-order chi connectivity index (χ0) is 25.4. The summed E-state index contributed by atoms with van der Waals surface area (Å²) in [6.07, 6.45) is 5.39. The number of anilines is 1. The molecule has 1 amide bonds. The van der Waals surface area contributed by atoms with Crippen molar-refractivity contribution in [2.45, 2.75) is 31.5 Å². The van der Waals surface area contributed by atoms with E-state index in [0.717, 1.165) is 4.57 Å². The number of benzene rings is 1. The Hall–Kier alpha value is -4.22. The Morgan fingerprint density at radius 3 is 2.67 bits per heavy atom. The molecule has 2 aliphatic heterocycles. The molecule has 36 heavy (non-hydrogen) atoms. The van der Waals surface area contributed by atoms with Gasteiger partial charge in [0, 0.05) is 43.5 Å². The number of aromatic hydroxyl groups is 1. The second-order valence-corrected chi connectivity index (χ2v) is 8.75. The highest BCUT2D eigenvalue weighted by molar-refractivity contribution is 6.04. The molecule has 1 aromatic carbocycles. The monoisotopic (exact) mass is 500 g/mol. The van der Waals surface area contributed by atoms with Crippen molar-refractivity contribution in [1.82, 2.24) is 25.5 Å². The molecule has 0 spiro atoms. The van der Waals surface area contributed by atoms with Gasteiger partial charge in [0.2, 0.25) is 0 Å². The van der Waals surface area contributed by atoms with E-state index in [1.165, 1.54) is 18.3 Å². The molecule has 0 saturated heterocycles. The molecule has 9 nitrogen and oxygen atoms in total. The van der Waals surface area contributed by atoms with Gasteiger partial charge in [0.1, 0.15) is 16.9 Å². The van der Waals surface area contributed by atoms with Crippen molar-refractivity contribution >= 4 is 22.6 Å². The first-order chi connectivity index (χ1) is 17.2. The average Bonchev–Trinajstić information content (AvgIpc) is 3.30. The van der Waals surface area contributed by atoms with Crippen molar-refractivity contribution in [1.29, 1.82) is 0 Å². The summed E-state index contributed by atoms with van der Waals surface area (Å²) in [7, 11) is 0. The number of halogens is 3. The zero-order valence-electron chi connectivity index (χ0n) is 18.9. The number of pyridine rings is 2. The third kappa shape index (κ3) is 4.41. The molecule has 188 valence electrons. The van der Waals surface area contributed by atoms with Gasteiger partial charge in [-0.1, -0.05) is 12.1 Å². The normalized spacial score (nSPS) is 16.2. The Kier molecular flexibility index (Phi) is 5.94. The van der Waals surface area contributed by atoms with E-state index in [0.29, 0.717) is 17.5 Å². The maximum absolute atomic E-state index is 14.7. The maximum Gasteiger partial charge on any atom is 0.282 e. The second-order valence-electron chi connectivity index (χ2n) is 8.75. The first-order valence-electron chi connectivity index (χ1n) is 11.3. The van der Waals surface area contributed by atoms with Crippen molar-refractivity contribution in [2.24, 2.45) is 0 Å². The van der Waals surface area contributed by atoms with E-state index in [9.17, 15) is 27.9 Å². The van der Waals surface area contributed by atoms with Crippen molar-refractivity contribution in [3.05, 3.63) is 75.7 Å². The molecule has 0 saturated carbocycles. The van der Waals surface area contributed by atoms with Crippen molar-refractivity contribution < 1.29 is 23.1 Å². The Balaban J connectivity index is 1.56. The summed E-state index contributed by atoms with van der Waals surface area (Å²) in [4.78, 5) is 30.4. The lowest BCUT2D eigenvalue weighted by Gasteiger charge is -2.18. The number of amides is 1. The van der Waals surface area contributed by atoms with Gasteiger partial charge in [-0.05, 0) is 17.7 Å². The SMILES string of the molecule is O=C(NCCC1NC=CN1)c1c(O)c2ncc(Cc3ccc(F)cc3)c3c2n(c1=O)CC(F)(F)CN3. The van der Waals surface area contributed by atoms with E-state index in [1.54, 1.807) is 24.5 Å². The number of alkyl halides is 2. The van der Waals surface area contributed by atoms with Gasteiger partial charge in [0.25, 0.3) is 17.4 Å². The Morgan fingerprint density at radius 1 is 1.22 bits per heavy atom. The molecule has 4 heterocycles. The minimum absolute atomic E-state index is 0.0173. The number of carbonyl (C=O) groups excluding carboxylic acids is 1. The summed E-state index contributed by atoms with van der Waals surface area (Å²) in [6.45, 7) is -1.59. The van der Waals surface area contributed by atoms with E-state index < -0.39 is 47.6 Å². The van der Waals surface area contributed by atoms with E-state index in [4.69, 9.17) is 0 Å². The molecule has 0 aliphatic carbocycles. The third-order valence-electron chi connectivity index (χ3n) is 6.17. The first-order valence-corrected chi connectivity index (χ1v) is 11.3. The van der Waals surface area contributed by atoms with Crippen LogP contribution in [-0.4, -0.2) is 45.7 Å². The van der Waals surface area contributed by atoms with E-state index in [-0.39, 0.29) is 35.9 Å². The van der Waals surface area contributed by atoms with Gasteiger partial charge >= 0.3 is 0 Å². The molecule has 0 bridgehead atoms. The summed E-state index contributed by atoms with van der Waals surface area (Å²) < 4.78 is 43.5. The van der Waals surface area contributed by atoms with Crippen LogP contribution in [0.25, 0.3) is 11.0 Å². The first kappa shape index (κ1) is 23.5. The lowest BCUT2D eigenvalue weighted by atomic mass is 10.0. The van der Waals surface area contributed by atoms with Crippen LogP contribution in [0.3, 0.4) is 0 Å². The summed E-state index contributed by atoms with van der Waals surface area (Å²) in [5, 5.41) is 22.2. The highest BCUT2D eigenvalue weighted by Gasteiger charge is 2.37. The molecule has 0 fully saturated rings. The summed E-state index contributed by atoms with van der Waals surface area (Å²) >= 11 is 0. The van der Waals surface area contributed by atoms with E-state index in [1.807, 2.05) is 0 Å². The quantitative estimate of drug-likeness (QED) is 0.351. The van der Waals surface area contributed by atoms with Crippen LogP contribution in [0, 0.1) is 5.82 Å². The van der Waals surface area contributed by atoms with E-state index >= 15 is 0 Å². The molecule has 0 radical (unpaired) electrons. The highest BCUT2D eigenvalue weighted by atomic mass is 19.3. The summed E-state index contributed by atoms with van der Waals surface area (Å²) in [5.41, 5.74) is -0.477. The predicted octanol–water partition coefficient (Wildman–Crippen LogP) is 2.00. The Morgan fingerprint density at radius 2 is 1.94 bits per heavy atom. The van der Waals surface area contributed by atoms with Crippen molar-refractivity contribution in [3.63, 3.8) is 0 Å².